The lowest BCUT2D eigenvalue weighted by molar-refractivity contribution is 1.12. The molecule has 0 radical (unpaired) electrons. The zero-order valence-corrected chi connectivity index (χ0v) is 9.78. The number of rotatable bonds is 1. The van der Waals surface area contributed by atoms with Crippen LogP contribution in [0.4, 0.5) is 5.95 Å². The molecule has 1 aromatic heterocycles. The summed E-state index contributed by atoms with van der Waals surface area (Å²) in [7, 11) is 0. The molecule has 0 amide bonds. The fourth-order valence-corrected chi connectivity index (χ4v) is 1.74. The van der Waals surface area contributed by atoms with Crippen molar-refractivity contribution < 1.29 is 0 Å². The maximum absolute atomic E-state index is 5.66. The molecular weight excluding hydrogens is 198 g/mol. The number of aryl methyl sites for hydroxylation is 3. The molecule has 16 heavy (non-hydrogen) atoms. The van der Waals surface area contributed by atoms with Gasteiger partial charge < -0.3 is 5.73 Å². The molecule has 82 valence electrons. The number of anilines is 1. The average molecular weight is 213 g/mol. The lowest BCUT2D eigenvalue weighted by atomic mass is 10.0. The van der Waals surface area contributed by atoms with Crippen LogP contribution in [0.3, 0.4) is 0 Å². The topological polar surface area (TPSA) is 51.8 Å². The van der Waals surface area contributed by atoms with Crippen LogP contribution >= 0.6 is 0 Å². The van der Waals surface area contributed by atoms with E-state index in [1.807, 2.05) is 13.0 Å². The summed E-state index contributed by atoms with van der Waals surface area (Å²) < 4.78 is 0. The minimum atomic E-state index is 0.330. The molecule has 0 aliphatic heterocycles. The largest absolute Gasteiger partial charge is 0.368 e. The average Bonchev–Trinajstić information content (AvgIpc) is 2.20. The van der Waals surface area contributed by atoms with E-state index in [0.717, 1.165) is 17.0 Å². The summed E-state index contributed by atoms with van der Waals surface area (Å²) in [5.41, 5.74) is 11.0. The molecule has 0 fully saturated rings. The minimum Gasteiger partial charge on any atom is -0.368 e. The number of nitrogens with zero attached hydrogens (tertiary/aromatic N) is 2. The fraction of sp³-hybridized carbons (Fsp3) is 0.231. The number of benzene rings is 1. The molecule has 3 nitrogen and oxygen atoms in total. The second kappa shape index (κ2) is 3.93. The number of nitrogens with two attached hydrogens (primary N) is 1. The summed E-state index contributed by atoms with van der Waals surface area (Å²) in [6.45, 7) is 6.06. The maximum atomic E-state index is 5.66. The van der Waals surface area contributed by atoms with Crippen LogP contribution in [-0.2, 0) is 0 Å². The summed E-state index contributed by atoms with van der Waals surface area (Å²) in [4.78, 5) is 8.35. The van der Waals surface area contributed by atoms with Gasteiger partial charge in [0.2, 0.25) is 5.95 Å². The Hall–Kier alpha value is -1.90. The molecule has 0 bridgehead atoms. The van der Waals surface area contributed by atoms with Gasteiger partial charge in [-0.3, -0.25) is 0 Å². The fourth-order valence-electron chi connectivity index (χ4n) is 1.74. The number of aromatic nitrogens is 2. The van der Waals surface area contributed by atoms with Gasteiger partial charge in [0.15, 0.2) is 0 Å². The van der Waals surface area contributed by atoms with Gasteiger partial charge in [-0.05, 0) is 38.5 Å². The van der Waals surface area contributed by atoms with Crippen molar-refractivity contribution in [3.63, 3.8) is 0 Å². The van der Waals surface area contributed by atoms with Gasteiger partial charge in [-0.1, -0.05) is 17.7 Å². The molecule has 2 aromatic rings. The van der Waals surface area contributed by atoms with Crippen LogP contribution in [0, 0.1) is 20.8 Å². The van der Waals surface area contributed by atoms with Crippen LogP contribution in [-0.4, -0.2) is 9.97 Å². The van der Waals surface area contributed by atoms with Crippen molar-refractivity contribution in [3.05, 3.63) is 41.1 Å². The lowest BCUT2D eigenvalue weighted by Gasteiger charge is -2.07. The molecular formula is C13H15N3. The van der Waals surface area contributed by atoms with Crippen molar-refractivity contribution in [2.24, 2.45) is 0 Å². The predicted octanol–water partition coefficient (Wildman–Crippen LogP) is 2.65. The Labute approximate surface area is 95.4 Å². The van der Waals surface area contributed by atoms with E-state index in [1.165, 1.54) is 11.1 Å². The molecule has 3 heteroatoms. The number of hydrogen-bond acceptors (Lipinski definition) is 3. The number of nitrogen functional groups attached to an aromatic ring is 1. The van der Waals surface area contributed by atoms with Gasteiger partial charge >= 0.3 is 0 Å². The molecule has 0 unspecified atom stereocenters. The van der Waals surface area contributed by atoms with E-state index in [4.69, 9.17) is 5.73 Å². The normalized spacial score (nSPS) is 10.4. The highest BCUT2D eigenvalue weighted by Crippen LogP contribution is 2.23. The van der Waals surface area contributed by atoms with Crippen molar-refractivity contribution in [3.8, 4) is 11.3 Å². The highest BCUT2D eigenvalue weighted by atomic mass is 15.0. The highest BCUT2D eigenvalue weighted by Gasteiger charge is 2.05. The third-order valence-corrected chi connectivity index (χ3v) is 2.54. The van der Waals surface area contributed by atoms with Crippen LogP contribution in [0.2, 0.25) is 0 Å². The van der Waals surface area contributed by atoms with Gasteiger partial charge in [-0.25, -0.2) is 9.97 Å². The Bertz CT molecular complexity index is 512. The van der Waals surface area contributed by atoms with Crippen LogP contribution in [0.1, 0.15) is 16.8 Å². The van der Waals surface area contributed by atoms with E-state index < -0.39 is 0 Å². The monoisotopic (exact) mass is 213 g/mol. The minimum absolute atomic E-state index is 0.330. The second-order valence-electron chi connectivity index (χ2n) is 4.07. The van der Waals surface area contributed by atoms with Gasteiger partial charge in [0, 0.05) is 11.3 Å². The zero-order chi connectivity index (χ0) is 11.7. The van der Waals surface area contributed by atoms with Crippen molar-refractivity contribution >= 4 is 5.95 Å². The van der Waals surface area contributed by atoms with Gasteiger partial charge in [-0.2, -0.15) is 0 Å². The van der Waals surface area contributed by atoms with Crippen molar-refractivity contribution in [1.82, 2.24) is 9.97 Å². The van der Waals surface area contributed by atoms with Gasteiger partial charge in [0.25, 0.3) is 0 Å². The van der Waals surface area contributed by atoms with Crippen molar-refractivity contribution in [2.75, 3.05) is 5.73 Å². The van der Waals surface area contributed by atoms with Gasteiger partial charge in [0.1, 0.15) is 0 Å². The molecule has 0 aliphatic carbocycles. The molecule has 0 atom stereocenters. The Balaban J connectivity index is 2.62. The van der Waals surface area contributed by atoms with Crippen molar-refractivity contribution in [2.45, 2.75) is 20.8 Å². The molecule has 2 rings (SSSR count). The highest BCUT2D eigenvalue weighted by molar-refractivity contribution is 5.65. The first-order valence-electron chi connectivity index (χ1n) is 5.25. The summed E-state index contributed by atoms with van der Waals surface area (Å²) in [6, 6.07) is 8.27. The summed E-state index contributed by atoms with van der Waals surface area (Å²) in [6.07, 6.45) is 0. The first-order chi connectivity index (χ1) is 7.56. The molecule has 2 N–H and O–H groups in total. The molecule has 0 spiro atoms. The Morgan fingerprint density at radius 2 is 1.75 bits per heavy atom. The van der Waals surface area contributed by atoms with Crippen LogP contribution in [0.25, 0.3) is 11.3 Å². The van der Waals surface area contributed by atoms with Crippen LogP contribution in [0.5, 0.6) is 0 Å². The third kappa shape index (κ3) is 2.03. The molecule has 1 heterocycles. The zero-order valence-electron chi connectivity index (χ0n) is 9.78. The quantitative estimate of drug-likeness (QED) is 0.792. The summed E-state index contributed by atoms with van der Waals surface area (Å²) in [5, 5.41) is 0. The molecule has 0 saturated heterocycles. The predicted molar refractivity (Wildman–Crippen MR) is 66.1 cm³/mol. The smallest absolute Gasteiger partial charge is 0.220 e. The van der Waals surface area contributed by atoms with E-state index in [0.29, 0.717) is 5.95 Å². The van der Waals surface area contributed by atoms with E-state index in [2.05, 4.69) is 42.0 Å². The first kappa shape index (κ1) is 10.6. The van der Waals surface area contributed by atoms with Crippen LogP contribution in [0.15, 0.2) is 24.3 Å². The van der Waals surface area contributed by atoms with Gasteiger partial charge in [-0.15, -0.1) is 0 Å². The molecule has 0 aliphatic rings. The van der Waals surface area contributed by atoms with E-state index in [9.17, 15) is 0 Å². The van der Waals surface area contributed by atoms with Gasteiger partial charge in [0.05, 0.1) is 5.69 Å². The Morgan fingerprint density at radius 3 is 2.44 bits per heavy atom. The molecule has 0 saturated carbocycles. The Morgan fingerprint density at radius 1 is 1.00 bits per heavy atom. The third-order valence-electron chi connectivity index (χ3n) is 2.54. The first-order valence-corrected chi connectivity index (χ1v) is 5.25. The second-order valence-corrected chi connectivity index (χ2v) is 4.07. The summed E-state index contributed by atoms with van der Waals surface area (Å²) in [5.74, 6) is 0.330. The number of hydrogen-bond donors (Lipinski definition) is 1. The van der Waals surface area contributed by atoms with Crippen LogP contribution < -0.4 is 5.73 Å². The summed E-state index contributed by atoms with van der Waals surface area (Å²) >= 11 is 0. The van der Waals surface area contributed by atoms with E-state index in [-0.39, 0.29) is 0 Å². The molecule has 1 aromatic carbocycles. The lowest BCUT2D eigenvalue weighted by Crippen LogP contribution is -1.99. The van der Waals surface area contributed by atoms with Crippen molar-refractivity contribution in [1.29, 1.82) is 0 Å². The maximum Gasteiger partial charge on any atom is 0.220 e. The SMILES string of the molecule is Cc1ccc(C)c(-c2cc(C)nc(N)n2)c1. The van der Waals surface area contributed by atoms with E-state index in [1.54, 1.807) is 0 Å². The van der Waals surface area contributed by atoms with E-state index >= 15 is 0 Å². The Kier molecular flexibility index (Phi) is 2.60. The standard InChI is InChI=1S/C13H15N3/c1-8-4-5-9(2)11(6-8)12-7-10(3)15-13(14)16-12/h4-7H,1-3H3,(H2,14,15,16).